The van der Waals surface area contributed by atoms with Gasteiger partial charge in [-0.1, -0.05) is 20.8 Å². The summed E-state index contributed by atoms with van der Waals surface area (Å²) in [5, 5.41) is 3.68. The molecule has 3 heteroatoms. The molecule has 2 rings (SSSR count). The third-order valence-electron chi connectivity index (χ3n) is 4.38. The highest BCUT2D eigenvalue weighted by atomic mass is 79.9. The zero-order chi connectivity index (χ0) is 14.0. The van der Waals surface area contributed by atoms with Gasteiger partial charge in [-0.2, -0.15) is 0 Å². The predicted octanol–water partition coefficient (Wildman–Crippen LogP) is 5.17. The van der Waals surface area contributed by atoms with Crippen LogP contribution in [0.2, 0.25) is 0 Å². The smallest absolute Gasteiger partial charge is 0.0619 e. The highest BCUT2D eigenvalue weighted by Crippen LogP contribution is 2.38. The summed E-state index contributed by atoms with van der Waals surface area (Å²) in [6.45, 7) is 9.14. The summed E-state index contributed by atoms with van der Waals surface area (Å²) in [5.74, 6) is 0.869. The van der Waals surface area contributed by atoms with Gasteiger partial charge < -0.3 is 5.32 Å². The van der Waals surface area contributed by atoms with Gasteiger partial charge in [-0.05, 0) is 65.9 Å². The van der Waals surface area contributed by atoms with Crippen LogP contribution < -0.4 is 5.32 Å². The number of aryl methyl sites for hydroxylation is 1. The Labute approximate surface area is 125 Å². The van der Waals surface area contributed by atoms with Crippen LogP contribution in [0.1, 0.15) is 52.1 Å². The first-order valence-electron chi connectivity index (χ1n) is 7.25. The summed E-state index contributed by atoms with van der Waals surface area (Å²) in [4.78, 5) is 4.29. The molecule has 0 atom stereocenters. The number of nitrogens with one attached hydrogen (secondary N) is 1. The van der Waals surface area contributed by atoms with Crippen molar-refractivity contribution in [3.05, 3.63) is 22.4 Å². The van der Waals surface area contributed by atoms with Crippen molar-refractivity contribution in [2.75, 3.05) is 5.32 Å². The number of hydrogen-bond acceptors (Lipinski definition) is 2. The molecule has 0 unspecified atom stereocenters. The maximum Gasteiger partial charge on any atom is 0.0619 e. The largest absolute Gasteiger partial charge is 0.381 e. The molecule has 0 bridgehead atoms. The lowest BCUT2D eigenvalue weighted by molar-refractivity contribution is 0.173. The zero-order valence-electron chi connectivity index (χ0n) is 12.5. The van der Waals surface area contributed by atoms with Crippen LogP contribution in [0.15, 0.2) is 16.7 Å². The van der Waals surface area contributed by atoms with Crippen molar-refractivity contribution in [2.24, 2.45) is 11.3 Å². The molecular weight excluding hydrogens is 300 g/mol. The molecule has 1 saturated carbocycles. The minimum absolute atomic E-state index is 0.457. The standard InChI is InChI=1S/C16H25BrN2/c1-11-15(17)14(9-10-18-11)19-13-7-5-12(6-8-13)16(2,3)4/h9-10,12-13H,5-8H2,1-4H3,(H,18,19)/t12-,13+. The van der Waals surface area contributed by atoms with Crippen LogP contribution in [-0.4, -0.2) is 11.0 Å². The molecule has 1 fully saturated rings. The van der Waals surface area contributed by atoms with E-state index in [1.165, 1.54) is 31.4 Å². The van der Waals surface area contributed by atoms with Crippen LogP contribution in [0, 0.1) is 18.3 Å². The molecule has 0 saturated heterocycles. The number of hydrogen-bond donors (Lipinski definition) is 1. The summed E-state index contributed by atoms with van der Waals surface area (Å²) in [6, 6.07) is 2.67. The van der Waals surface area contributed by atoms with Crippen molar-refractivity contribution >= 4 is 21.6 Å². The highest BCUT2D eigenvalue weighted by molar-refractivity contribution is 9.10. The fourth-order valence-electron chi connectivity index (χ4n) is 2.98. The van der Waals surface area contributed by atoms with E-state index in [0.29, 0.717) is 11.5 Å². The average molecular weight is 325 g/mol. The van der Waals surface area contributed by atoms with Crippen molar-refractivity contribution in [1.29, 1.82) is 0 Å². The fraction of sp³-hybridized carbons (Fsp3) is 0.688. The van der Waals surface area contributed by atoms with E-state index < -0.39 is 0 Å². The lowest BCUT2D eigenvalue weighted by Crippen LogP contribution is -2.31. The van der Waals surface area contributed by atoms with E-state index in [-0.39, 0.29) is 0 Å². The first-order valence-corrected chi connectivity index (χ1v) is 8.05. The Hall–Kier alpha value is -0.570. The summed E-state index contributed by atoms with van der Waals surface area (Å²) in [5.41, 5.74) is 2.69. The second kappa shape index (κ2) is 5.82. The number of halogens is 1. The normalized spacial score (nSPS) is 24.3. The SMILES string of the molecule is Cc1nccc(N[C@H]2CC[C@@H](C(C)(C)C)CC2)c1Br. The molecule has 1 heterocycles. The maximum atomic E-state index is 4.29. The minimum atomic E-state index is 0.457. The van der Waals surface area contributed by atoms with Crippen molar-refractivity contribution < 1.29 is 0 Å². The zero-order valence-corrected chi connectivity index (χ0v) is 14.0. The van der Waals surface area contributed by atoms with E-state index in [1.807, 2.05) is 13.1 Å². The first-order chi connectivity index (χ1) is 8.88. The first kappa shape index (κ1) is 14.8. The molecule has 1 N–H and O–H groups in total. The molecule has 0 spiro atoms. The molecule has 106 valence electrons. The molecule has 0 radical (unpaired) electrons. The Bertz CT molecular complexity index is 429. The van der Waals surface area contributed by atoms with Gasteiger partial charge in [-0.3, -0.25) is 4.98 Å². The quantitative estimate of drug-likeness (QED) is 0.811. The van der Waals surface area contributed by atoms with Crippen LogP contribution >= 0.6 is 15.9 Å². The molecule has 0 aromatic carbocycles. The van der Waals surface area contributed by atoms with Crippen molar-refractivity contribution in [3.8, 4) is 0 Å². The second-order valence-electron chi connectivity index (χ2n) is 6.82. The van der Waals surface area contributed by atoms with Gasteiger partial charge in [-0.15, -0.1) is 0 Å². The number of anilines is 1. The number of pyridine rings is 1. The van der Waals surface area contributed by atoms with Gasteiger partial charge in [0.1, 0.15) is 0 Å². The highest BCUT2D eigenvalue weighted by Gasteiger charge is 2.29. The van der Waals surface area contributed by atoms with E-state index >= 15 is 0 Å². The van der Waals surface area contributed by atoms with Crippen LogP contribution in [0.25, 0.3) is 0 Å². The number of rotatable bonds is 2. The average Bonchev–Trinajstić information content (AvgIpc) is 2.35. The second-order valence-corrected chi connectivity index (χ2v) is 7.61. The van der Waals surface area contributed by atoms with Crippen LogP contribution in [0.3, 0.4) is 0 Å². The lowest BCUT2D eigenvalue weighted by Gasteiger charge is -2.37. The number of nitrogens with zero attached hydrogens (tertiary/aromatic N) is 1. The Kier molecular flexibility index (Phi) is 4.54. The summed E-state index contributed by atoms with van der Waals surface area (Å²) < 4.78 is 1.10. The van der Waals surface area contributed by atoms with Gasteiger partial charge in [0.05, 0.1) is 15.9 Å². The summed E-state index contributed by atoms with van der Waals surface area (Å²) in [6.07, 6.45) is 7.10. The molecule has 1 aliphatic rings. The van der Waals surface area contributed by atoms with Crippen LogP contribution in [0.4, 0.5) is 5.69 Å². The van der Waals surface area contributed by atoms with E-state index in [9.17, 15) is 0 Å². The van der Waals surface area contributed by atoms with Gasteiger partial charge in [0.15, 0.2) is 0 Å². The molecule has 0 amide bonds. The van der Waals surface area contributed by atoms with E-state index in [1.54, 1.807) is 0 Å². The van der Waals surface area contributed by atoms with Gasteiger partial charge in [-0.25, -0.2) is 0 Å². The van der Waals surface area contributed by atoms with Crippen molar-refractivity contribution in [2.45, 2.75) is 59.4 Å². The Balaban J connectivity index is 1.94. The summed E-state index contributed by atoms with van der Waals surface area (Å²) in [7, 11) is 0. The van der Waals surface area contributed by atoms with Crippen molar-refractivity contribution in [3.63, 3.8) is 0 Å². The topological polar surface area (TPSA) is 24.9 Å². The summed E-state index contributed by atoms with van der Waals surface area (Å²) >= 11 is 3.63. The van der Waals surface area contributed by atoms with E-state index in [0.717, 1.165) is 16.1 Å². The van der Waals surface area contributed by atoms with E-state index in [2.05, 4.69) is 53.1 Å². The van der Waals surface area contributed by atoms with Crippen LogP contribution in [-0.2, 0) is 0 Å². The molecule has 1 aromatic heterocycles. The Morgan fingerprint density at radius 1 is 1.21 bits per heavy atom. The molecule has 0 aliphatic heterocycles. The maximum absolute atomic E-state index is 4.29. The van der Waals surface area contributed by atoms with Crippen molar-refractivity contribution in [1.82, 2.24) is 4.98 Å². The molecule has 1 aliphatic carbocycles. The molecule has 1 aromatic rings. The molecule has 19 heavy (non-hydrogen) atoms. The molecular formula is C16H25BrN2. The molecule has 2 nitrogen and oxygen atoms in total. The third kappa shape index (κ3) is 3.71. The lowest BCUT2D eigenvalue weighted by atomic mass is 9.71. The predicted molar refractivity (Wildman–Crippen MR) is 85.5 cm³/mol. The third-order valence-corrected chi connectivity index (χ3v) is 5.38. The van der Waals surface area contributed by atoms with Gasteiger partial charge in [0, 0.05) is 12.2 Å². The Morgan fingerprint density at radius 3 is 2.42 bits per heavy atom. The number of aromatic nitrogens is 1. The van der Waals surface area contributed by atoms with Gasteiger partial charge in [0.2, 0.25) is 0 Å². The fourth-order valence-corrected chi connectivity index (χ4v) is 3.33. The van der Waals surface area contributed by atoms with E-state index in [4.69, 9.17) is 0 Å². The minimum Gasteiger partial charge on any atom is -0.381 e. The van der Waals surface area contributed by atoms with Gasteiger partial charge in [0.25, 0.3) is 0 Å². The van der Waals surface area contributed by atoms with Crippen LogP contribution in [0.5, 0.6) is 0 Å². The van der Waals surface area contributed by atoms with Gasteiger partial charge >= 0.3 is 0 Å². The monoisotopic (exact) mass is 324 g/mol. The Morgan fingerprint density at radius 2 is 1.84 bits per heavy atom.